The van der Waals surface area contributed by atoms with Crippen LogP contribution >= 0.6 is 0 Å². The van der Waals surface area contributed by atoms with E-state index in [1.54, 1.807) is 29.6 Å². The van der Waals surface area contributed by atoms with E-state index in [1.165, 1.54) is 5.56 Å². The molecule has 0 aliphatic carbocycles. The lowest BCUT2D eigenvalue weighted by molar-refractivity contribution is 0.390. The normalized spacial score (nSPS) is 15.2. The van der Waals surface area contributed by atoms with Gasteiger partial charge in [0.15, 0.2) is 0 Å². The third-order valence-electron chi connectivity index (χ3n) is 5.10. The smallest absolute Gasteiger partial charge is 0.243 e. The summed E-state index contributed by atoms with van der Waals surface area (Å²) < 4.78 is 33.1. The van der Waals surface area contributed by atoms with Crippen LogP contribution in [0.1, 0.15) is 22.4 Å². The zero-order chi connectivity index (χ0) is 18.5. The van der Waals surface area contributed by atoms with E-state index in [4.69, 9.17) is 4.74 Å². The number of H-pyrrole nitrogens is 1. The Morgan fingerprint density at radius 3 is 2.65 bits per heavy atom. The number of nitrogens with zero attached hydrogens (tertiary/aromatic N) is 1. The maximum absolute atomic E-state index is 13.1. The molecule has 0 radical (unpaired) electrons. The SMILES string of the molecule is COc1ccc(S(=O)(=O)N2CCc3[nH]c4ccc(C)cc4c3C2)cc1C. The molecule has 6 heteroatoms. The molecule has 2 aromatic carbocycles. The summed E-state index contributed by atoms with van der Waals surface area (Å²) in [5.74, 6) is 0.692. The zero-order valence-electron chi connectivity index (χ0n) is 15.2. The summed E-state index contributed by atoms with van der Waals surface area (Å²) in [5, 5.41) is 1.12. The van der Waals surface area contributed by atoms with E-state index in [1.807, 2.05) is 6.92 Å². The van der Waals surface area contributed by atoms with Gasteiger partial charge in [0, 0.05) is 36.1 Å². The summed E-state index contributed by atoms with van der Waals surface area (Å²) in [5.41, 5.74) is 5.28. The van der Waals surface area contributed by atoms with Crippen LogP contribution in [0.2, 0.25) is 0 Å². The molecule has 0 atom stereocenters. The first kappa shape index (κ1) is 17.1. The lowest BCUT2D eigenvalue weighted by atomic mass is 10.0. The highest BCUT2D eigenvalue weighted by Gasteiger charge is 2.30. The zero-order valence-corrected chi connectivity index (χ0v) is 16.0. The molecule has 1 aliphatic rings. The molecule has 1 aliphatic heterocycles. The molecule has 0 fully saturated rings. The monoisotopic (exact) mass is 370 g/mol. The largest absolute Gasteiger partial charge is 0.496 e. The van der Waals surface area contributed by atoms with Crippen molar-refractivity contribution in [3.05, 3.63) is 58.8 Å². The quantitative estimate of drug-likeness (QED) is 0.767. The Bertz CT molecular complexity index is 1100. The average Bonchev–Trinajstić information content (AvgIpc) is 2.98. The molecular formula is C20H22N2O3S. The molecule has 0 saturated heterocycles. The molecule has 4 rings (SSSR count). The van der Waals surface area contributed by atoms with Crippen molar-refractivity contribution in [1.29, 1.82) is 0 Å². The first-order valence-electron chi connectivity index (χ1n) is 8.65. The van der Waals surface area contributed by atoms with Crippen LogP contribution in [0.4, 0.5) is 0 Å². The van der Waals surface area contributed by atoms with E-state index in [2.05, 4.69) is 30.1 Å². The van der Waals surface area contributed by atoms with Crippen molar-refractivity contribution in [2.45, 2.75) is 31.7 Å². The van der Waals surface area contributed by atoms with E-state index in [0.29, 0.717) is 30.2 Å². The summed E-state index contributed by atoms with van der Waals surface area (Å²) in [6, 6.07) is 11.3. The Morgan fingerprint density at radius 2 is 1.92 bits per heavy atom. The number of rotatable bonds is 3. The van der Waals surface area contributed by atoms with Crippen molar-refractivity contribution in [3.63, 3.8) is 0 Å². The third kappa shape index (κ3) is 2.70. The second-order valence-electron chi connectivity index (χ2n) is 6.85. The van der Waals surface area contributed by atoms with Gasteiger partial charge in [-0.1, -0.05) is 11.6 Å². The minimum absolute atomic E-state index is 0.315. The molecule has 3 aromatic rings. The molecule has 136 valence electrons. The minimum Gasteiger partial charge on any atom is -0.496 e. The number of ether oxygens (including phenoxy) is 1. The Hall–Kier alpha value is -2.31. The van der Waals surface area contributed by atoms with Crippen molar-refractivity contribution in [2.24, 2.45) is 0 Å². The number of hydrogen-bond acceptors (Lipinski definition) is 3. The third-order valence-corrected chi connectivity index (χ3v) is 6.94. The van der Waals surface area contributed by atoms with Crippen LogP contribution in [0.3, 0.4) is 0 Å². The first-order valence-corrected chi connectivity index (χ1v) is 10.1. The molecule has 0 saturated carbocycles. The first-order chi connectivity index (χ1) is 12.4. The molecule has 1 aromatic heterocycles. The predicted molar refractivity (Wildman–Crippen MR) is 102 cm³/mol. The van der Waals surface area contributed by atoms with E-state index < -0.39 is 10.0 Å². The summed E-state index contributed by atoms with van der Waals surface area (Å²) in [6.45, 7) is 4.78. The maximum Gasteiger partial charge on any atom is 0.243 e. The standard InChI is InChI=1S/C20H22N2O3S/c1-13-4-6-18-16(10-13)17-12-22(9-8-19(17)21-18)26(23,24)15-5-7-20(25-3)14(2)11-15/h4-7,10-11,21H,8-9,12H2,1-3H3. The Balaban J connectivity index is 1.72. The number of methoxy groups -OCH3 is 1. The van der Waals surface area contributed by atoms with Crippen LogP contribution < -0.4 is 4.74 Å². The van der Waals surface area contributed by atoms with Crippen molar-refractivity contribution >= 4 is 20.9 Å². The number of sulfonamides is 1. The van der Waals surface area contributed by atoms with E-state index in [0.717, 1.165) is 27.7 Å². The van der Waals surface area contributed by atoms with Gasteiger partial charge in [0.05, 0.1) is 12.0 Å². The molecule has 0 unspecified atom stereocenters. The van der Waals surface area contributed by atoms with Crippen LogP contribution in [0, 0.1) is 13.8 Å². The van der Waals surface area contributed by atoms with Gasteiger partial charge in [-0.25, -0.2) is 8.42 Å². The van der Waals surface area contributed by atoms with Gasteiger partial charge in [-0.2, -0.15) is 4.31 Å². The van der Waals surface area contributed by atoms with Crippen molar-refractivity contribution in [2.75, 3.05) is 13.7 Å². The minimum atomic E-state index is -3.54. The van der Waals surface area contributed by atoms with Gasteiger partial charge in [-0.15, -0.1) is 0 Å². The van der Waals surface area contributed by atoms with E-state index in [9.17, 15) is 8.42 Å². The summed E-state index contributed by atoms with van der Waals surface area (Å²) in [4.78, 5) is 3.76. The molecule has 1 N–H and O–H groups in total. The second kappa shape index (κ2) is 6.14. The van der Waals surface area contributed by atoms with Gasteiger partial charge < -0.3 is 9.72 Å². The van der Waals surface area contributed by atoms with Crippen LogP contribution in [-0.4, -0.2) is 31.4 Å². The van der Waals surface area contributed by atoms with Crippen molar-refractivity contribution in [1.82, 2.24) is 9.29 Å². The fourth-order valence-electron chi connectivity index (χ4n) is 3.67. The highest BCUT2D eigenvalue weighted by molar-refractivity contribution is 7.89. The van der Waals surface area contributed by atoms with Gasteiger partial charge >= 0.3 is 0 Å². The molecule has 0 amide bonds. The number of aromatic nitrogens is 1. The topological polar surface area (TPSA) is 62.4 Å². The van der Waals surface area contributed by atoms with Crippen LogP contribution in [0.25, 0.3) is 10.9 Å². The highest BCUT2D eigenvalue weighted by atomic mass is 32.2. The number of aryl methyl sites for hydroxylation is 2. The molecule has 0 spiro atoms. The molecular weight excluding hydrogens is 348 g/mol. The van der Waals surface area contributed by atoms with Crippen LogP contribution in [-0.2, 0) is 23.0 Å². The molecule has 0 bridgehead atoms. The van der Waals surface area contributed by atoms with Crippen molar-refractivity contribution in [3.8, 4) is 5.75 Å². The van der Waals surface area contributed by atoms with Gasteiger partial charge in [0.2, 0.25) is 10.0 Å². The van der Waals surface area contributed by atoms with E-state index >= 15 is 0 Å². The number of fused-ring (bicyclic) bond motifs is 3. The summed E-state index contributed by atoms with van der Waals surface area (Å²) >= 11 is 0. The number of nitrogens with one attached hydrogen (secondary N) is 1. The molecule has 5 nitrogen and oxygen atoms in total. The van der Waals surface area contributed by atoms with Crippen LogP contribution in [0.5, 0.6) is 5.75 Å². The molecule has 2 heterocycles. The van der Waals surface area contributed by atoms with Gasteiger partial charge in [0.1, 0.15) is 5.75 Å². The lowest BCUT2D eigenvalue weighted by Gasteiger charge is -2.26. The number of aromatic amines is 1. The summed E-state index contributed by atoms with van der Waals surface area (Å²) in [7, 11) is -1.96. The fraction of sp³-hybridized carbons (Fsp3) is 0.300. The fourth-order valence-corrected chi connectivity index (χ4v) is 5.16. The van der Waals surface area contributed by atoms with Crippen LogP contribution in [0.15, 0.2) is 41.3 Å². The lowest BCUT2D eigenvalue weighted by Crippen LogP contribution is -2.35. The average molecular weight is 370 g/mol. The number of hydrogen-bond donors (Lipinski definition) is 1. The highest BCUT2D eigenvalue weighted by Crippen LogP contribution is 2.32. The number of benzene rings is 2. The maximum atomic E-state index is 13.1. The van der Waals surface area contributed by atoms with Gasteiger partial charge in [-0.3, -0.25) is 0 Å². The van der Waals surface area contributed by atoms with E-state index in [-0.39, 0.29) is 0 Å². The predicted octanol–water partition coefficient (Wildman–Crippen LogP) is 3.54. The molecule has 26 heavy (non-hydrogen) atoms. The summed E-state index contributed by atoms with van der Waals surface area (Å²) in [6.07, 6.45) is 0.692. The van der Waals surface area contributed by atoms with Gasteiger partial charge in [0.25, 0.3) is 0 Å². The van der Waals surface area contributed by atoms with Crippen molar-refractivity contribution < 1.29 is 13.2 Å². The Labute approximate surface area is 153 Å². The Kier molecular flexibility index (Phi) is 4.04. The second-order valence-corrected chi connectivity index (χ2v) is 8.79. The van der Waals surface area contributed by atoms with Gasteiger partial charge in [-0.05, 0) is 55.3 Å². The Morgan fingerprint density at radius 1 is 1.12 bits per heavy atom.